The molecule has 8 fully saturated rings. The molecule has 44 nitrogen and oxygen atoms in total. The lowest BCUT2D eigenvalue weighted by atomic mass is 9.93. The molecule has 568 valence electrons. The Bertz CT molecular complexity index is 2510. The molecule has 0 unspecified atom stereocenters. The van der Waals surface area contributed by atoms with E-state index in [9.17, 15) is 132 Å². The van der Waals surface area contributed by atoms with Crippen LogP contribution in [0.25, 0.3) is 0 Å². The van der Waals surface area contributed by atoms with Crippen molar-refractivity contribution in [2.24, 2.45) is 0 Å². The van der Waals surface area contributed by atoms with Gasteiger partial charge in [0.05, 0.1) is 52.9 Å². The summed E-state index contributed by atoms with van der Waals surface area (Å²) < 4.78 is 87.2. The molecule has 0 spiro atoms. The Morgan fingerprint density at radius 2 is 0.551 bits per heavy atom. The zero-order valence-electron chi connectivity index (χ0n) is 52.4. The molecular weight excluding hydrogens is 1350 g/mol. The summed E-state index contributed by atoms with van der Waals surface area (Å²) in [6.07, 6.45) is -75.0. The predicted octanol–water partition coefficient (Wildman–Crippen LogP) is -18.0. The van der Waals surface area contributed by atoms with Crippen LogP contribution >= 0.6 is 0 Å². The Hall–Kier alpha value is -3.11. The largest absolute Gasteiger partial charge is 0.394 e. The first-order valence-electron chi connectivity index (χ1n) is 31.1. The first-order valence-corrected chi connectivity index (χ1v) is 31.1. The average molecular weight is 1440 g/mol. The van der Waals surface area contributed by atoms with Crippen molar-refractivity contribution >= 4 is 17.7 Å². The standard InChI is InChI=1S/C54H91N3O41/c1-12(65)55-23-31(73)41(19(8-62)85-47(23)83)93-48-24(56-13(2)66)32(74)43(20(9-63)90-48)95-53-40(82)45(30(72)22(92-53)11-84-50-37(79)34(76)26(68)15(4-58)86-50)97-54-46(36(78)28(70)17(6-60)89-54)98-49-25(57-14(3)67)33(75)42(21(10-64)91-49)94-52-39(81)44(29(71)18(7-61)88-52)96-51-38(80)35(77)27(69)16(5-59)87-51/h15-54,58-64,68-83H,4-11H2,1-3H3,(H,55,65)(H,56,66)(H,57,67)/t15-,16-,17-,18-,19-,20-,21-,22-,23-,24-,25-,26-,27+,28-,29+,30-,31-,32-,33-,34+,35+,36+,37+,38-,39-,40+,41-,42-,43-,44+,45+,46+,47-,48+,49+,50+,51-,52+,53+,54-/m1/s1. The Labute approximate surface area is 554 Å². The monoisotopic (exact) mass is 1440 g/mol. The maximum Gasteiger partial charge on any atom is 0.217 e. The minimum atomic E-state index is -2.46. The van der Waals surface area contributed by atoms with Gasteiger partial charge < -0.3 is 204 Å². The van der Waals surface area contributed by atoms with Gasteiger partial charge in [-0.15, -0.1) is 0 Å². The van der Waals surface area contributed by atoms with Crippen LogP contribution < -0.4 is 16.0 Å². The fourth-order valence-electron chi connectivity index (χ4n) is 12.6. The van der Waals surface area contributed by atoms with Gasteiger partial charge in [-0.1, -0.05) is 0 Å². The highest BCUT2D eigenvalue weighted by atomic mass is 16.8. The van der Waals surface area contributed by atoms with E-state index in [0.29, 0.717) is 0 Å². The van der Waals surface area contributed by atoms with Crippen LogP contribution in [0.15, 0.2) is 0 Å². The number of aliphatic hydroxyl groups excluding tert-OH is 23. The third kappa shape index (κ3) is 17.5. The van der Waals surface area contributed by atoms with Gasteiger partial charge in [-0.2, -0.15) is 0 Å². The molecule has 44 heteroatoms. The summed E-state index contributed by atoms with van der Waals surface area (Å²) in [6.45, 7) is -5.38. The van der Waals surface area contributed by atoms with Gasteiger partial charge in [-0.25, -0.2) is 0 Å². The minimum Gasteiger partial charge on any atom is -0.394 e. The van der Waals surface area contributed by atoms with Crippen molar-refractivity contribution in [3.63, 3.8) is 0 Å². The van der Waals surface area contributed by atoms with E-state index in [-0.39, 0.29) is 0 Å². The molecular formula is C54H91N3O41. The summed E-state index contributed by atoms with van der Waals surface area (Å²) in [5.41, 5.74) is 0. The molecule has 8 saturated heterocycles. The van der Waals surface area contributed by atoms with Gasteiger partial charge in [0.1, 0.15) is 195 Å². The highest BCUT2D eigenvalue weighted by Gasteiger charge is 2.60. The third-order valence-electron chi connectivity index (χ3n) is 17.8. The molecule has 8 aliphatic rings. The Kier molecular flexibility index (Phi) is 28.9. The number of hydrogen-bond acceptors (Lipinski definition) is 41. The van der Waals surface area contributed by atoms with E-state index < -0.39 is 316 Å². The minimum absolute atomic E-state index is 0.757. The summed E-state index contributed by atoms with van der Waals surface area (Å²) in [7, 11) is 0. The molecule has 0 aromatic carbocycles. The van der Waals surface area contributed by atoms with Gasteiger partial charge in [0.2, 0.25) is 17.7 Å². The number of amides is 3. The Morgan fingerprint density at radius 1 is 0.265 bits per heavy atom. The van der Waals surface area contributed by atoms with Crippen molar-refractivity contribution in [2.45, 2.75) is 266 Å². The van der Waals surface area contributed by atoms with E-state index in [4.69, 9.17) is 71.1 Å². The number of nitrogens with one attached hydrogen (secondary N) is 3. The van der Waals surface area contributed by atoms with Gasteiger partial charge in [-0.3, -0.25) is 14.4 Å². The topological polar surface area (TPSA) is 691 Å². The molecule has 8 rings (SSSR count). The zero-order valence-corrected chi connectivity index (χ0v) is 52.4. The maximum atomic E-state index is 12.9. The Morgan fingerprint density at radius 3 is 0.980 bits per heavy atom. The van der Waals surface area contributed by atoms with E-state index in [2.05, 4.69) is 16.0 Å². The number of rotatable bonds is 25. The van der Waals surface area contributed by atoms with Crippen LogP contribution in [-0.4, -0.2) is 433 Å². The summed E-state index contributed by atoms with van der Waals surface area (Å²) >= 11 is 0. The lowest BCUT2D eigenvalue weighted by Crippen LogP contribution is -2.71. The molecule has 0 aliphatic carbocycles. The quantitative estimate of drug-likeness (QED) is 0.0404. The third-order valence-corrected chi connectivity index (χ3v) is 17.8. The van der Waals surface area contributed by atoms with Crippen LogP contribution in [0.2, 0.25) is 0 Å². The Balaban J connectivity index is 1.08. The molecule has 0 aromatic rings. The maximum absolute atomic E-state index is 12.9. The molecule has 0 aromatic heterocycles. The lowest BCUT2D eigenvalue weighted by Gasteiger charge is -2.51. The zero-order chi connectivity index (χ0) is 72.2. The number of ether oxygens (including phenoxy) is 15. The predicted molar refractivity (Wildman–Crippen MR) is 299 cm³/mol. The van der Waals surface area contributed by atoms with Crippen LogP contribution in [-0.2, 0) is 85.4 Å². The second kappa shape index (κ2) is 35.1. The van der Waals surface area contributed by atoms with Gasteiger partial charge in [0.25, 0.3) is 0 Å². The van der Waals surface area contributed by atoms with Crippen LogP contribution in [0.5, 0.6) is 0 Å². The first kappa shape index (κ1) is 80.6. The van der Waals surface area contributed by atoms with Crippen molar-refractivity contribution in [1.82, 2.24) is 16.0 Å². The highest BCUT2D eigenvalue weighted by molar-refractivity contribution is 5.74. The summed E-state index contributed by atoms with van der Waals surface area (Å²) in [6, 6.07) is -5.41. The summed E-state index contributed by atoms with van der Waals surface area (Å²) in [4.78, 5) is 37.8. The molecule has 0 radical (unpaired) electrons. The van der Waals surface area contributed by atoms with Crippen molar-refractivity contribution in [3.05, 3.63) is 0 Å². The lowest BCUT2D eigenvalue weighted by molar-refractivity contribution is -0.399. The summed E-state index contributed by atoms with van der Waals surface area (Å²) in [5, 5.41) is 259. The molecule has 98 heavy (non-hydrogen) atoms. The normalized spacial score (nSPS) is 49.5. The molecule has 40 atom stereocenters. The molecule has 0 bridgehead atoms. The van der Waals surface area contributed by atoms with Gasteiger partial charge in [0, 0.05) is 20.8 Å². The fraction of sp³-hybridized carbons (Fsp3) is 0.944. The smallest absolute Gasteiger partial charge is 0.217 e. The molecule has 0 saturated carbocycles. The van der Waals surface area contributed by atoms with Crippen molar-refractivity contribution in [3.8, 4) is 0 Å². The number of carbonyl (C=O) groups excluding carboxylic acids is 3. The van der Waals surface area contributed by atoms with E-state index in [1.165, 1.54) is 0 Å². The number of carbonyl (C=O) groups is 3. The first-order chi connectivity index (χ1) is 46.4. The fourth-order valence-corrected chi connectivity index (χ4v) is 12.6. The van der Waals surface area contributed by atoms with Crippen LogP contribution in [0.3, 0.4) is 0 Å². The average Bonchev–Trinajstić information content (AvgIpc) is 0.771. The number of hydrogen-bond donors (Lipinski definition) is 26. The molecule has 3 amide bonds. The second-order valence-corrected chi connectivity index (χ2v) is 24.6. The van der Waals surface area contributed by atoms with E-state index in [0.717, 1.165) is 20.8 Å². The second-order valence-electron chi connectivity index (χ2n) is 24.6. The highest BCUT2D eigenvalue weighted by Crippen LogP contribution is 2.39. The van der Waals surface area contributed by atoms with Gasteiger partial charge in [-0.05, 0) is 0 Å². The van der Waals surface area contributed by atoms with Crippen LogP contribution in [0.1, 0.15) is 20.8 Å². The number of aliphatic hydroxyl groups is 23. The summed E-state index contributed by atoms with van der Waals surface area (Å²) in [5.74, 6) is -2.61. The van der Waals surface area contributed by atoms with Crippen molar-refractivity contribution in [2.75, 3.05) is 52.9 Å². The van der Waals surface area contributed by atoms with E-state index >= 15 is 0 Å². The van der Waals surface area contributed by atoms with Gasteiger partial charge >= 0.3 is 0 Å². The van der Waals surface area contributed by atoms with E-state index in [1.807, 2.05) is 0 Å². The van der Waals surface area contributed by atoms with Crippen LogP contribution in [0.4, 0.5) is 0 Å². The molecule has 26 N–H and O–H groups in total. The molecule has 8 heterocycles. The SMILES string of the molecule is CC(=O)N[C@@H]1[C@@H](O)[C@H](O[C@@H]2O[C@H](CO)[C@@H](O[C@@H]3O[C@H](CO[C@H]4O[C@H](CO)[C@@H](O)[C@H](O)[C@@H]4O)[C@@H](O)[C@H](O[C@H]4O[C@H](CO)[C@@H](O)[C@H](O)[C@@H]4O[C@@H]4O[C@H](CO)[C@@H](O[C@@H]5O[C@H](CO)[C@H](O)[C@H](O[C@H]6O[C@H](CO)[C@H](O)[C@H](O)[C@H]6O)[C@H]5O)[C@H](O)[C@H]4NC(C)=O)[C@@H]3O)[C@H](O)[C@H]2NC(C)=O)[C@@H](CO)O[C@H]1O. The van der Waals surface area contributed by atoms with Gasteiger partial charge in [0.15, 0.2) is 50.3 Å². The van der Waals surface area contributed by atoms with E-state index in [1.54, 1.807) is 0 Å². The molecule has 8 aliphatic heterocycles. The van der Waals surface area contributed by atoms with Crippen molar-refractivity contribution < 1.29 is 203 Å². The van der Waals surface area contributed by atoms with Crippen molar-refractivity contribution in [1.29, 1.82) is 0 Å². The van der Waals surface area contributed by atoms with Crippen LogP contribution in [0, 0.1) is 0 Å².